The highest BCUT2D eigenvalue weighted by Crippen LogP contribution is 2.44. The third kappa shape index (κ3) is 2.76. The number of nitro groups is 1. The van der Waals surface area contributed by atoms with Crippen molar-refractivity contribution in [1.29, 1.82) is 0 Å². The van der Waals surface area contributed by atoms with Crippen molar-refractivity contribution >= 4 is 11.7 Å². The van der Waals surface area contributed by atoms with Crippen LogP contribution in [0.1, 0.15) is 48.0 Å². The molecule has 0 saturated heterocycles. The lowest BCUT2D eigenvalue weighted by molar-refractivity contribution is -0.386. The monoisotopic (exact) mass is 292 g/mol. The molecule has 2 rings (SSSR count). The minimum atomic E-state index is -0.549. The maximum atomic E-state index is 12.0. The summed E-state index contributed by atoms with van der Waals surface area (Å²) >= 11 is 0. The lowest BCUT2D eigenvalue weighted by Gasteiger charge is -2.37. The number of nitro benzene ring substituents is 1. The van der Waals surface area contributed by atoms with Crippen LogP contribution in [0.2, 0.25) is 0 Å². The number of hydrogen-bond acceptors (Lipinski definition) is 5. The Kier molecular flexibility index (Phi) is 4.57. The largest absolute Gasteiger partial charge is 0.465 e. The van der Waals surface area contributed by atoms with E-state index in [0.29, 0.717) is 12.1 Å². The first-order chi connectivity index (χ1) is 10.1. The van der Waals surface area contributed by atoms with Crippen LogP contribution in [0, 0.1) is 10.1 Å². The number of ether oxygens (including phenoxy) is 1. The van der Waals surface area contributed by atoms with Gasteiger partial charge in [0, 0.05) is 18.0 Å². The molecule has 0 heterocycles. The summed E-state index contributed by atoms with van der Waals surface area (Å²) in [5.41, 5.74) is 6.14. The van der Waals surface area contributed by atoms with Crippen LogP contribution in [-0.2, 0) is 10.2 Å². The summed E-state index contributed by atoms with van der Waals surface area (Å²) < 4.78 is 4.79. The summed E-state index contributed by atoms with van der Waals surface area (Å²) in [6.45, 7) is 0.293. The predicted molar refractivity (Wildman–Crippen MR) is 78.3 cm³/mol. The number of rotatable bonds is 4. The van der Waals surface area contributed by atoms with Crippen molar-refractivity contribution in [2.24, 2.45) is 5.73 Å². The molecular weight excluding hydrogens is 272 g/mol. The number of benzene rings is 1. The van der Waals surface area contributed by atoms with Crippen LogP contribution in [0.15, 0.2) is 18.2 Å². The minimum Gasteiger partial charge on any atom is -0.465 e. The van der Waals surface area contributed by atoms with Gasteiger partial charge in [0.2, 0.25) is 0 Å². The molecule has 6 nitrogen and oxygen atoms in total. The number of methoxy groups -OCH3 is 1. The van der Waals surface area contributed by atoms with Gasteiger partial charge < -0.3 is 10.5 Å². The highest BCUT2D eigenvalue weighted by atomic mass is 16.6. The summed E-state index contributed by atoms with van der Waals surface area (Å²) in [5.74, 6) is -0.549. The first-order valence-electron chi connectivity index (χ1n) is 7.12. The molecule has 1 saturated carbocycles. The van der Waals surface area contributed by atoms with Crippen molar-refractivity contribution in [3.8, 4) is 0 Å². The molecule has 1 aliphatic rings. The van der Waals surface area contributed by atoms with E-state index in [1.165, 1.54) is 19.2 Å². The van der Waals surface area contributed by atoms with Crippen molar-refractivity contribution in [3.63, 3.8) is 0 Å². The maximum Gasteiger partial charge on any atom is 0.338 e. The second kappa shape index (κ2) is 6.22. The normalized spacial score (nSPS) is 17.2. The van der Waals surface area contributed by atoms with E-state index in [0.717, 1.165) is 32.1 Å². The Labute approximate surface area is 123 Å². The standard InChI is InChI=1S/C15H20N2O4/c1-21-14(18)11-6-5-7-12(17(19)20)13(11)15(10-16)8-3-2-4-9-15/h5-7H,2-4,8-10,16H2,1H3. The van der Waals surface area contributed by atoms with Gasteiger partial charge in [0.1, 0.15) is 0 Å². The number of carbonyl (C=O) groups excluding carboxylic acids is 1. The van der Waals surface area contributed by atoms with Gasteiger partial charge in [-0.2, -0.15) is 0 Å². The second-order valence-electron chi connectivity index (χ2n) is 5.49. The SMILES string of the molecule is COC(=O)c1cccc([N+](=O)[O-])c1C1(CN)CCCCC1. The van der Waals surface area contributed by atoms with Gasteiger partial charge in [0.15, 0.2) is 0 Å². The van der Waals surface area contributed by atoms with Crippen LogP contribution >= 0.6 is 0 Å². The fourth-order valence-electron chi connectivity index (χ4n) is 3.31. The molecule has 6 heteroatoms. The second-order valence-corrected chi connectivity index (χ2v) is 5.49. The Balaban J connectivity index is 2.67. The van der Waals surface area contributed by atoms with Crippen molar-refractivity contribution in [1.82, 2.24) is 0 Å². The van der Waals surface area contributed by atoms with Gasteiger partial charge in [-0.05, 0) is 18.9 Å². The van der Waals surface area contributed by atoms with E-state index in [4.69, 9.17) is 10.5 Å². The molecule has 0 amide bonds. The van der Waals surface area contributed by atoms with E-state index in [9.17, 15) is 14.9 Å². The highest BCUT2D eigenvalue weighted by Gasteiger charge is 2.41. The quantitative estimate of drug-likeness (QED) is 0.522. The van der Waals surface area contributed by atoms with E-state index >= 15 is 0 Å². The highest BCUT2D eigenvalue weighted by molar-refractivity contribution is 5.93. The van der Waals surface area contributed by atoms with E-state index in [-0.39, 0.29) is 11.3 Å². The number of carbonyl (C=O) groups is 1. The molecule has 1 aliphatic carbocycles. The van der Waals surface area contributed by atoms with E-state index < -0.39 is 16.3 Å². The molecule has 0 radical (unpaired) electrons. The summed E-state index contributed by atoms with van der Waals surface area (Å²) in [6.07, 6.45) is 4.54. The van der Waals surface area contributed by atoms with Crippen LogP contribution in [0.3, 0.4) is 0 Å². The first kappa shape index (κ1) is 15.4. The van der Waals surface area contributed by atoms with Gasteiger partial charge in [-0.25, -0.2) is 4.79 Å². The van der Waals surface area contributed by atoms with Gasteiger partial charge in [0.05, 0.1) is 23.2 Å². The van der Waals surface area contributed by atoms with Crippen molar-refractivity contribution in [2.45, 2.75) is 37.5 Å². The average Bonchev–Trinajstić information content (AvgIpc) is 2.53. The van der Waals surface area contributed by atoms with E-state index in [1.807, 2.05) is 0 Å². The molecular formula is C15H20N2O4. The molecule has 2 N–H and O–H groups in total. The zero-order valence-corrected chi connectivity index (χ0v) is 12.1. The smallest absolute Gasteiger partial charge is 0.338 e. The minimum absolute atomic E-state index is 0.0368. The number of hydrogen-bond donors (Lipinski definition) is 1. The van der Waals surface area contributed by atoms with Gasteiger partial charge in [0.25, 0.3) is 5.69 Å². The Hall–Kier alpha value is -1.95. The fourth-order valence-corrected chi connectivity index (χ4v) is 3.31. The summed E-state index contributed by atoms with van der Waals surface area (Å²) in [7, 11) is 1.28. The number of esters is 1. The molecule has 0 unspecified atom stereocenters. The maximum absolute atomic E-state index is 12.0. The van der Waals surface area contributed by atoms with Crippen LogP contribution < -0.4 is 5.73 Å². The number of nitrogens with zero attached hydrogens (tertiary/aromatic N) is 1. The topological polar surface area (TPSA) is 95.5 Å². The zero-order chi connectivity index (χ0) is 15.5. The van der Waals surface area contributed by atoms with Gasteiger partial charge in [-0.3, -0.25) is 10.1 Å². The van der Waals surface area contributed by atoms with Crippen LogP contribution in [0.4, 0.5) is 5.69 Å². The molecule has 0 spiro atoms. The third-order valence-corrected chi connectivity index (χ3v) is 4.38. The molecule has 1 fully saturated rings. The lowest BCUT2D eigenvalue weighted by atomic mass is 9.67. The van der Waals surface area contributed by atoms with E-state index in [1.54, 1.807) is 6.07 Å². The molecule has 0 atom stereocenters. The Morgan fingerprint density at radius 3 is 2.57 bits per heavy atom. The number of nitrogens with two attached hydrogens (primary N) is 1. The first-order valence-corrected chi connectivity index (χ1v) is 7.12. The lowest BCUT2D eigenvalue weighted by Crippen LogP contribution is -2.39. The summed E-state index contributed by atoms with van der Waals surface area (Å²) in [4.78, 5) is 23.0. The summed E-state index contributed by atoms with van der Waals surface area (Å²) in [5, 5.41) is 11.4. The Morgan fingerprint density at radius 1 is 1.38 bits per heavy atom. The fraction of sp³-hybridized carbons (Fsp3) is 0.533. The van der Waals surface area contributed by atoms with Crippen LogP contribution in [0.5, 0.6) is 0 Å². The predicted octanol–water partition coefficient (Wildman–Crippen LogP) is 2.54. The molecule has 0 bridgehead atoms. The molecule has 0 aliphatic heterocycles. The molecule has 1 aromatic carbocycles. The van der Waals surface area contributed by atoms with Crippen molar-refractivity contribution < 1.29 is 14.5 Å². The van der Waals surface area contributed by atoms with Crippen molar-refractivity contribution in [2.75, 3.05) is 13.7 Å². The molecule has 0 aromatic heterocycles. The average molecular weight is 292 g/mol. The Bertz CT molecular complexity index is 551. The van der Waals surface area contributed by atoms with E-state index in [2.05, 4.69) is 0 Å². The third-order valence-electron chi connectivity index (χ3n) is 4.38. The van der Waals surface area contributed by atoms with Gasteiger partial charge in [-0.15, -0.1) is 0 Å². The van der Waals surface area contributed by atoms with Crippen molar-refractivity contribution in [3.05, 3.63) is 39.4 Å². The molecule has 114 valence electrons. The van der Waals surface area contributed by atoms with Gasteiger partial charge >= 0.3 is 5.97 Å². The van der Waals surface area contributed by atoms with Crippen LogP contribution in [0.25, 0.3) is 0 Å². The molecule has 1 aromatic rings. The zero-order valence-electron chi connectivity index (χ0n) is 12.1. The molecule has 21 heavy (non-hydrogen) atoms. The van der Waals surface area contributed by atoms with Gasteiger partial charge in [-0.1, -0.05) is 25.3 Å². The van der Waals surface area contributed by atoms with Crippen LogP contribution in [-0.4, -0.2) is 24.5 Å². The Morgan fingerprint density at radius 2 is 2.05 bits per heavy atom. The summed E-state index contributed by atoms with van der Waals surface area (Å²) in [6, 6.07) is 4.54.